The largest absolute Gasteiger partial charge is 0.507 e. The number of ketones is 1. The average Bonchev–Trinajstić information content (AvgIpc) is 3.35. The number of hydrogen-bond donors (Lipinski definition) is 2. The van der Waals surface area contributed by atoms with Gasteiger partial charge in [0, 0.05) is 46.8 Å². The normalized spacial score (nSPS) is 17.9. The lowest BCUT2D eigenvalue weighted by atomic mass is 9.95. The number of H-pyrrole nitrogens is 1. The lowest BCUT2D eigenvalue weighted by Gasteiger charge is -2.25. The number of aliphatic hydroxyl groups excluding tert-OH is 1. The van der Waals surface area contributed by atoms with Crippen molar-refractivity contribution < 1.29 is 23.5 Å². The SMILES string of the molecule is O=C1C(=O)N(c2ccc(F)c(F)c2)C(c2ccncc2)/C1=C(/O)c1c[nH]c2ccccc12. The highest BCUT2D eigenvalue weighted by Gasteiger charge is 2.47. The van der Waals surface area contributed by atoms with E-state index in [9.17, 15) is 23.5 Å². The summed E-state index contributed by atoms with van der Waals surface area (Å²) >= 11 is 0. The van der Waals surface area contributed by atoms with E-state index in [2.05, 4.69) is 9.97 Å². The number of rotatable bonds is 3. The summed E-state index contributed by atoms with van der Waals surface area (Å²) in [6.45, 7) is 0. The van der Waals surface area contributed by atoms with Crippen molar-refractivity contribution in [2.24, 2.45) is 0 Å². The highest BCUT2D eigenvalue weighted by molar-refractivity contribution is 6.51. The van der Waals surface area contributed by atoms with Gasteiger partial charge in [0.05, 0.1) is 11.6 Å². The minimum Gasteiger partial charge on any atom is -0.507 e. The van der Waals surface area contributed by atoms with E-state index in [0.717, 1.165) is 22.5 Å². The topological polar surface area (TPSA) is 86.3 Å². The van der Waals surface area contributed by atoms with Gasteiger partial charge in [0.2, 0.25) is 0 Å². The highest BCUT2D eigenvalue weighted by atomic mass is 19.2. The van der Waals surface area contributed by atoms with E-state index in [-0.39, 0.29) is 17.0 Å². The van der Waals surface area contributed by atoms with Gasteiger partial charge in [0.15, 0.2) is 11.6 Å². The lowest BCUT2D eigenvalue weighted by Crippen LogP contribution is -2.29. The molecule has 0 saturated carbocycles. The molecule has 0 aliphatic carbocycles. The number of aromatic nitrogens is 2. The zero-order valence-electron chi connectivity index (χ0n) is 16.4. The standard InChI is InChI=1S/C24H15F2N3O3/c25-17-6-5-14(11-18(17)26)29-21(13-7-9-27-10-8-13)20(23(31)24(29)32)22(30)16-12-28-19-4-2-1-3-15(16)19/h1-12,21,28,30H/b22-20-. The zero-order valence-corrected chi connectivity index (χ0v) is 16.4. The van der Waals surface area contributed by atoms with Crippen LogP contribution in [0.3, 0.4) is 0 Å². The monoisotopic (exact) mass is 431 g/mol. The minimum atomic E-state index is -1.16. The molecule has 6 nitrogen and oxygen atoms in total. The third-order valence-corrected chi connectivity index (χ3v) is 5.49. The van der Waals surface area contributed by atoms with Crippen molar-refractivity contribution in [3.63, 3.8) is 0 Å². The fourth-order valence-corrected chi connectivity index (χ4v) is 4.01. The van der Waals surface area contributed by atoms with Gasteiger partial charge < -0.3 is 10.1 Å². The average molecular weight is 431 g/mol. The molecule has 1 fully saturated rings. The van der Waals surface area contributed by atoms with Crippen LogP contribution in [0.2, 0.25) is 0 Å². The van der Waals surface area contributed by atoms with Gasteiger partial charge in [-0.25, -0.2) is 8.78 Å². The Balaban J connectivity index is 1.76. The van der Waals surface area contributed by atoms with E-state index >= 15 is 0 Å². The number of pyridine rings is 1. The van der Waals surface area contributed by atoms with E-state index in [1.165, 1.54) is 18.5 Å². The predicted octanol–water partition coefficient (Wildman–Crippen LogP) is 4.47. The molecule has 32 heavy (non-hydrogen) atoms. The van der Waals surface area contributed by atoms with E-state index in [1.54, 1.807) is 30.5 Å². The van der Waals surface area contributed by atoms with Gasteiger partial charge >= 0.3 is 0 Å². The fraction of sp³-hybridized carbons (Fsp3) is 0.0417. The Labute approximate surface area is 180 Å². The second kappa shape index (κ2) is 7.42. The van der Waals surface area contributed by atoms with Crippen molar-refractivity contribution >= 4 is 34.0 Å². The van der Waals surface area contributed by atoms with Crippen LogP contribution in [0, 0.1) is 11.6 Å². The Hall–Kier alpha value is -4.33. The molecule has 0 bridgehead atoms. The number of amides is 1. The summed E-state index contributed by atoms with van der Waals surface area (Å²) in [6.07, 6.45) is 4.51. The van der Waals surface area contributed by atoms with Crippen LogP contribution < -0.4 is 4.90 Å². The Morgan fingerprint density at radius 2 is 1.75 bits per heavy atom. The number of anilines is 1. The number of nitrogens with zero attached hydrogens (tertiary/aromatic N) is 2. The molecule has 1 aliphatic heterocycles. The molecule has 1 saturated heterocycles. The number of fused-ring (bicyclic) bond motifs is 1. The summed E-state index contributed by atoms with van der Waals surface area (Å²) in [5.74, 6) is -4.50. The molecule has 2 N–H and O–H groups in total. The van der Waals surface area contributed by atoms with Crippen molar-refractivity contribution in [2.45, 2.75) is 6.04 Å². The Bertz CT molecular complexity index is 1410. The van der Waals surface area contributed by atoms with Crippen molar-refractivity contribution in [1.82, 2.24) is 9.97 Å². The predicted molar refractivity (Wildman–Crippen MR) is 114 cm³/mol. The maximum atomic E-state index is 14.0. The highest BCUT2D eigenvalue weighted by Crippen LogP contribution is 2.43. The van der Waals surface area contributed by atoms with Crippen LogP contribution in [-0.2, 0) is 9.59 Å². The van der Waals surface area contributed by atoms with Crippen LogP contribution in [0.1, 0.15) is 17.2 Å². The minimum absolute atomic E-state index is 0.00853. The molecular weight excluding hydrogens is 416 g/mol. The number of aromatic amines is 1. The van der Waals surface area contributed by atoms with Crippen molar-refractivity contribution in [1.29, 1.82) is 0 Å². The molecule has 1 unspecified atom stereocenters. The number of para-hydroxylation sites is 1. The number of hydrogen-bond acceptors (Lipinski definition) is 4. The number of Topliss-reactive ketones (excluding diaryl/α,β-unsaturated/α-hetero) is 1. The molecule has 8 heteroatoms. The van der Waals surface area contributed by atoms with E-state index < -0.39 is 29.4 Å². The summed E-state index contributed by atoms with van der Waals surface area (Å²) in [5, 5.41) is 11.9. The number of carbonyl (C=O) groups excluding carboxylic acids is 2. The van der Waals surface area contributed by atoms with Gasteiger partial charge in [0.25, 0.3) is 11.7 Å². The smallest absolute Gasteiger partial charge is 0.300 e. The molecule has 1 atom stereocenters. The van der Waals surface area contributed by atoms with Gasteiger partial charge in [0.1, 0.15) is 5.76 Å². The number of carbonyl (C=O) groups is 2. The van der Waals surface area contributed by atoms with Crippen LogP contribution >= 0.6 is 0 Å². The first-order chi connectivity index (χ1) is 15.5. The van der Waals surface area contributed by atoms with Crippen LogP contribution in [0.25, 0.3) is 16.7 Å². The molecule has 3 heterocycles. The zero-order chi connectivity index (χ0) is 22.4. The molecule has 1 amide bonds. The number of halogens is 2. The number of nitrogens with one attached hydrogen (secondary N) is 1. The van der Waals surface area contributed by atoms with E-state index in [0.29, 0.717) is 16.5 Å². The number of benzene rings is 2. The first-order valence-electron chi connectivity index (χ1n) is 9.70. The molecule has 2 aromatic carbocycles. The Morgan fingerprint density at radius 1 is 1.00 bits per heavy atom. The maximum absolute atomic E-state index is 14.0. The van der Waals surface area contributed by atoms with Gasteiger partial charge in [-0.3, -0.25) is 19.5 Å². The van der Waals surface area contributed by atoms with Gasteiger partial charge in [-0.2, -0.15) is 0 Å². The second-order valence-corrected chi connectivity index (χ2v) is 7.30. The lowest BCUT2D eigenvalue weighted by molar-refractivity contribution is -0.132. The van der Waals surface area contributed by atoms with Crippen LogP contribution in [0.5, 0.6) is 0 Å². The van der Waals surface area contributed by atoms with Crippen LogP contribution in [-0.4, -0.2) is 26.8 Å². The summed E-state index contributed by atoms with van der Waals surface area (Å²) in [4.78, 5) is 34.2. The molecule has 5 rings (SSSR count). The summed E-state index contributed by atoms with van der Waals surface area (Å²) in [7, 11) is 0. The Kier molecular flexibility index (Phi) is 4.55. The third kappa shape index (κ3) is 2.96. The summed E-state index contributed by atoms with van der Waals surface area (Å²) in [5.41, 5.74) is 1.40. The quantitative estimate of drug-likeness (QED) is 0.285. The van der Waals surface area contributed by atoms with Crippen molar-refractivity contribution in [2.75, 3.05) is 4.90 Å². The molecule has 0 spiro atoms. The fourth-order valence-electron chi connectivity index (χ4n) is 4.01. The first-order valence-corrected chi connectivity index (χ1v) is 9.70. The molecule has 2 aromatic heterocycles. The second-order valence-electron chi connectivity index (χ2n) is 7.30. The van der Waals surface area contributed by atoms with E-state index in [1.807, 2.05) is 12.1 Å². The van der Waals surface area contributed by atoms with Crippen LogP contribution in [0.4, 0.5) is 14.5 Å². The molecular formula is C24H15F2N3O3. The number of aliphatic hydroxyl groups is 1. The third-order valence-electron chi connectivity index (χ3n) is 5.49. The van der Waals surface area contributed by atoms with Crippen molar-refractivity contribution in [3.05, 3.63) is 102 Å². The summed E-state index contributed by atoms with van der Waals surface area (Å²) in [6, 6.07) is 12.3. The van der Waals surface area contributed by atoms with Crippen molar-refractivity contribution in [3.8, 4) is 0 Å². The van der Waals surface area contributed by atoms with E-state index in [4.69, 9.17) is 0 Å². The first kappa shape index (κ1) is 19.6. The van der Waals surface area contributed by atoms with Gasteiger partial charge in [-0.15, -0.1) is 0 Å². The maximum Gasteiger partial charge on any atom is 0.300 e. The van der Waals surface area contributed by atoms with Crippen LogP contribution in [0.15, 0.2) is 78.8 Å². The molecule has 0 radical (unpaired) electrons. The molecule has 1 aliphatic rings. The molecule has 4 aromatic rings. The van der Waals surface area contributed by atoms with Gasteiger partial charge in [-0.1, -0.05) is 18.2 Å². The Morgan fingerprint density at radius 3 is 2.50 bits per heavy atom. The summed E-state index contributed by atoms with van der Waals surface area (Å²) < 4.78 is 27.5. The van der Waals surface area contributed by atoms with Gasteiger partial charge in [-0.05, 0) is 35.9 Å². The molecule has 158 valence electrons.